The highest BCUT2D eigenvalue weighted by Crippen LogP contribution is 2.38. The summed E-state index contributed by atoms with van der Waals surface area (Å²) in [4.78, 5) is 17.2. The number of aryl methyl sites for hydroxylation is 1. The maximum atomic E-state index is 7.38. The van der Waals surface area contributed by atoms with Gasteiger partial charge in [0.1, 0.15) is 10.8 Å². The van der Waals surface area contributed by atoms with Crippen molar-refractivity contribution in [3.63, 3.8) is 0 Å². The summed E-state index contributed by atoms with van der Waals surface area (Å²) in [5.41, 5.74) is 4.56. The topological polar surface area (TPSA) is 61.5 Å². The van der Waals surface area contributed by atoms with Crippen molar-refractivity contribution in [2.75, 3.05) is 14.2 Å². The SMILES string of the molecule is [C-]#[N+]c1cc(-c2nc3c(C)cc(OC)cc3s2)c2ncc(OC)nc2c1. The van der Waals surface area contributed by atoms with E-state index in [0.717, 1.165) is 32.1 Å². The molecule has 7 heteroatoms. The molecule has 0 atom stereocenters. The minimum absolute atomic E-state index is 0.412. The molecule has 0 N–H and O–H groups in total. The molecule has 4 rings (SSSR count). The molecule has 0 aliphatic rings. The number of nitrogens with zero attached hydrogens (tertiary/aromatic N) is 4. The molecular formula is C19H14N4O2S. The maximum Gasteiger partial charge on any atom is 0.232 e. The predicted octanol–water partition coefficient (Wildman–Crippen LogP) is 4.78. The van der Waals surface area contributed by atoms with Crippen LogP contribution in [-0.2, 0) is 0 Å². The van der Waals surface area contributed by atoms with Crippen molar-refractivity contribution in [1.82, 2.24) is 15.0 Å². The van der Waals surface area contributed by atoms with E-state index in [9.17, 15) is 0 Å². The van der Waals surface area contributed by atoms with Crippen LogP contribution >= 0.6 is 11.3 Å². The van der Waals surface area contributed by atoms with Gasteiger partial charge in [0.25, 0.3) is 0 Å². The quantitative estimate of drug-likeness (QED) is 0.491. The van der Waals surface area contributed by atoms with Gasteiger partial charge in [-0.2, -0.15) is 0 Å². The second kappa shape index (κ2) is 6.24. The number of hydrogen-bond donors (Lipinski definition) is 0. The van der Waals surface area contributed by atoms with E-state index < -0.39 is 0 Å². The smallest absolute Gasteiger partial charge is 0.232 e. The molecule has 2 aromatic heterocycles. The fourth-order valence-corrected chi connectivity index (χ4v) is 3.91. The van der Waals surface area contributed by atoms with Crippen LogP contribution in [0.5, 0.6) is 11.6 Å². The van der Waals surface area contributed by atoms with E-state index in [1.54, 1.807) is 43.9 Å². The molecule has 0 aliphatic heterocycles. The highest BCUT2D eigenvalue weighted by molar-refractivity contribution is 7.21. The van der Waals surface area contributed by atoms with Crippen LogP contribution in [0.3, 0.4) is 0 Å². The largest absolute Gasteiger partial charge is 0.497 e. The lowest BCUT2D eigenvalue weighted by Gasteiger charge is -2.05. The van der Waals surface area contributed by atoms with E-state index in [1.165, 1.54) is 0 Å². The van der Waals surface area contributed by atoms with Gasteiger partial charge in [-0.1, -0.05) is 0 Å². The summed E-state index contributed by atoms with van der Waals surface area (Å²) in [6.07, 6.45) is 1.57. The molecule has 128 valence electrons. The fourth-order valence-electron chi connectivity index (χ4n) is 2.82. The number of hydrogen-bond acceptors (Lipinski definition) is 6. The number of aromatic nitrogens is 3. The van der Waals surface area contributed by atoms with Crippen molar-refractivity contribution in [2.24, 2.45) is 0 Å². The third-order valence-corrected chi connectivity index (χ3v) is 5.11. The minimum Gasteiger partial charge on any atom is -0.497 e. The molecule has 2 aromatic carbocycles. The summed E-state index contributed by atoms with van der Waals surface area (Å²) in [5, 5.41) is 0.798. The second-order valence-electron chi connectivity index (χ2n) is 5.70. The Labute approximate surface area is 153 Å². The number of ether oxygens (including phenoxy) is 2. The van der Waals surface area contributed by atoms with Gasteiger partial charge in [-0.25, -0.2) is 19.8 Å². The van der Waals surface area contributed by atoms with Crippen molar-refractivity contribution >= 4 is 38.3 Å². The molecule has 0 radical (unpaired) electrons. The lowest BCUT2D eigenvalue weighted by atomic mass is 10.1. The van der Waals surface area contributed by atoms with Crippen molar-refractivity contribution in [3.8, 4) is 22.2 Å². The van der Waals surface area contributed by atoms with E-state index in [1.807, 2.05) is 19.1 Å². The zero-order valence-corrected chi connectivity index (χ0v) is 15.2. The number of rotatable bonds is 3. The van der Waals surface area contributed by atoms with Crippen LogP contribution in [0.2, 0.25) is 0 Å². The highest BCUT2D eigenvalue weighted by Gasteiger charge is 2.15. The maximum absolute atomic E-state index is 7.38. The van der Waals surface area contributed by atoms with E-state index in [2.05, 4.69) is 14.8 Å². The van der Waals surface area contributed by atoms with E-state index in [0.29, 0.717) is 22.6 Å². The average molecular weight is 362 g/mol. The molecule has 0 bridgehead atoms. The number of methoxy groups -OCH3 is 2. The first-order valence-corrected chi connectivity index (χ1v) is 8.62. The van der Waals surface area contributed by atoms with E-state index >= 15 is 0 Å². The van der Waals surface area contributed by atoms with Crippen molar-refractivity contribution in [1.29, 1.82) is 0 Å². The van der Waals surface area contributed by atoms with Crippen molar-refractivity contribution in [3.05, 3.63) is 47.4 Å². The predicted molar refractivity (Wildman–Crippen MR) is 102 cm³/mol. The van der Waals surface area contributed by atoms with E-state index in [-0.39, 0.29) is 0 Å². The van der Waals surface area contributed by atoms with Gasteiger partial charge in [-0.3, -0.25) is 0 Å². The molecular weight excluding hydrogens is 348 g/mol. The second-order valence-corrected chi connectivity index (χ2v) is 6.73. The van der Waals surface area contributed by atoms with Crippen LogP contribution in [0.15, 0.2) is 30.5 Å². The molecule has 2 heterocycles. The van der Waals surface area contributed by atoms with Crippen LogP contribution in [0.1, 0.15) is 5.56 Å². The standard InChI is InChI=1S/C19H14N4O2S/c1-10-5-12(24-3)8-15-17(10)23-19(26-15)13-6-11(20-2)7-14-18(13)21-9-16(22-14)25-4/h5-9H,1,3-4H3. The zero-order valence-electron chi connectivity index (χ0n) is 14.4. The Morgan fingerprint density at radius 3 is 2.62 bits per heavy atom. The zero-order chi connectivity index (χ0) is 18.3. The summed E-state index contributed by atoms with van der Waals surface area (Å²) < 4.78 is 11.5. The lowest BCUT2D eigenvalue weighted by molar-refractivity contribution is 0.398. The van der Waals surface area contributed by atoms with Gasteiger partial charge in [0.15, 0.2) is 5.69 Å². The Bertz CT molecular complexity index is 1190. The van der Waals surface area contributed by atoms with Crippen LogP contribution in [0.25, 0.3) is 36.7 Å². The Balaban J connectivity index is 2.00. The summed E-state index contributed by atoms with van der Waals surface area (Å²) >= 11 is 1.55. The molecule has 0 unspecified atom stereocenters. The van der Waals surface area contributed by atoms with Crippen LogP contribution in [0.4, 0.5) is 5.69 Å². The molecule has 0 saturated carbocycles. The first-order valence-electron chi connectivity index (χ1n) is 7.80. The minimum atomic E-state index is 0.412. The van der Waals surface area contributed by atoms with Gasteiger partial charge in [-0.15, -0.1) is 11.3 Å². The number of benzene rings is 2. The van der Waals surface area contributed by atoms with Crippen LogP contribution in [-0.4, -0.2) is 29.2 Å². The van der Waals surface area contributed by atoms with Gasteiger partial charge in [0, 0.05) is 5.56 Å². The Kier molecular flexibility index (Phi) is 3.90. The van der Waals surface area contributed by atoms with E-state index in [4.69, 9.17) is 21.0 Å². The molecule has 0 saturated heterocycles. The van der Waals surface area contributed by atoms with Crippen molar-refractivity contribution < 1.29 is 9.47 Å². The average Bonchev–Trinajstić information content (AvgIpc) is 3.10. The first kappa shape index (κ1) is 16.2. The van der Waals surface area contributed by atoms with Crippen LogP contribution < -0.4 is 9.47 Å². The Hall–Kier alpha value is -3.24. The summed E-state index contributed by atoms with van der Waals surface area (Å²) in [7, 11) is 3.19. The van der Waals surface area contributed by atoms with Gasteiger partial charge >= 0.3 is 0 Å². The van der Waals surface area contributed by atoms with Gasteiger partial charge in [-0.05, 0) is 36.8 Å². The molecule has 0 amide bonds. The number of thiazole rings is 1. The lowest BCUT2D eigenvalue weighted by Crippen LogP contribution is -1.92. The Morgan fingerprint density at radius 2 is 1.88 bits per heavy atom. The first-order chi connectivity index (χ1) is 12.6. The third-order valence-electron chi connectivity index (χ3n) is 4.07. The summed E-state index contributed by atoms with van der Waals surface area (Å²) in [5.74, 6) is 1.21. The monoisotopic (exact) mass is 362 g/mol. The highest BCUT2D eigenvalue weighted by atomic mass is 32.1. The molecule has 0 spiro atoms. The summed E-state index contributed by atoms with van der Waals surface area (Å²) in [6, 6.07) is 7.45. The molecule has 4 aromatic rings. The summed E-state index contributed by atoms with van der Waals surface area (Å²) in [6.45, 7) is 9.39. The van der Waals surface area contributed by atoms with Crippen molar-refractivity contribution in [2.45, 2.75) is 6.92 Å². The van der Waals surface area contributed by atoms with Gasteiger partial charge < -0.3 is 9.47 Å². The van der Waals surface area contributed by atoms with Crippen LogP contribution in [0, 0.1) is 13.5 Å². The Morgan fingerprint density at radius 1 is 1.04 bits per heavy atom. The molecule has 26 heavy (non-hydrogen) atoms. The normalized spacial score (nSPS) is 10.8. The fraction of sp³-hybridized carbons (Fsp3) is 0.158. The molecule has 0 aliphatic carbocycles. The molecule has 0 fully saturated rings. The van der Waals surface area contributed by atoms with Gasteiger partial charge in [0.2, 0.25) is 5.88 Å². The van der Waals surface area contributed by atoms with Gasteiger partial charge in [0.05, 0.1) is 48.2 Å². The number of fused-ring (bicyclic) bond motifs is 2. The third kappa shape index (κ3) is 2.61. The molecule has 6 nitrogen and oxygen atoms in total.